The maximum atomic E-state index is 6.06. The lowest BCUT2D eigenvalue weighted by atomic mass is 9.96. The van der Waals surface area contributed by atoms with Gasteiger partial charge in [-0.2, -0.15) is 9.97 Å². The molecule has 0 aromatic carbocycles. The molecule has 182 valence electrons. The molecule has 1 aromatic heterocycles. The molecule has 3 rings (SSSR count). The lowest BCUT2D eigenvalue weighted by Gasteiger charge is -2.33. The van der Waals surface area contributed by atoms with Crippen molar-refractivity contribution in [1.29, 1.82) is 0 Å². The second-order valence-corrected chi connectivity index (χ2v) is 10.7. The predicted octanol–water partition coefficient (Wildman–Crippen LogP) is 8.40. The number of hydrogen-bond donors (Lipinski definition) is 0. The van der Waals surface area contributed by atoms with Gasteiger partial charge in [-0.15, -0.1) is 0 Å². The van der Waals surface area contributed by atoms with E-state index in [-0.39, 0.29) is 0 Å². The fourth-order valence-electron chi connectivity index (χ4n) is 4.54. The molecule has 0 N–H and O–H groups in total. The van der Waals surface area contributed by atoms with E-state index in [2.05, 4.69) is 27.8 Å². The van der Waals surface area contributed by atoms with Crippen LogP contribution < -0.4 is 9.64 Å². The fraction of sp³-hybridized carbons (Fsp3) is 0.852. The van der Waals surface area contributed by atoms with Crippen LogP contribution in [0.25, 0.3) is 0 Å². The van der Waals surface area contributed by atoms with Gasteiger partial charge in [-0.3, -0.25) is 0 Å². The summed E-state index contributed by atoms with van der Waals surface area (Å²) >= 11 is 3.81. The topological polar surface area (TPSA) is 38.3 Å². The van der Waals surface area contributed by atoms with Crippen LogP contribution in [0.5, 0.6) is 6.01 Å². The molecule has 0 bridgehead atoms. The van der Waals surface area contributed by atoms with Crippen LogP contribution >= 0.6 is 15.9 Å². The Morgan fingerprint density at radius 1 is 0.781 bits per heavy atom. The minimum atomic E-state index is 0.328. The number of aryl methyl sites for hydroxylation is 1. The van der Waals surface area contributed by atoms with Gasteiger partial charge in [0, 0.05) is 13.1 Å². The van der Waals surface area contributed by atoms with Gasteiger partial charge in [-0.05, 0) is 54.5 Å². The number of rotatable bonds is 18. The van der Waals surface area contributed by atoms with Gasteiger partial charge in [0.25, 0.3) is 0 Å². The summed E-state index contributed by atoms with van der Waals surface area (Å²) in [6.45, 7) is 4.48. The van der Waals surface area contributed by atoms with Crippen molar-refractivity contribution in [1.82, 2.24) is 9.97 Å². The van der Waals surface area contributed by atoms with E-state index in [1.165, 1.54) is 103 Å². The predicted molar refractivity (Wildman–Crippen MR) is 139 cm³/mol. The summed E-state index contributed by atoms with van der Waals surface area (Å²) < 4.78 is 7.15. The molecule has 2 heterocycles. The van der Waals surface area contributed by atoms with Gasteiger partial charge >= 0.3 is 6.01 Å². The highest BCUT2D eigenvalue weighted by molar-refractivity contribution is 9.10. The Bertz CT molecular complexity index is 646. The Morgan fingerprint density at radius 2 is 1.34 bits per heavy atom. The molecule has 1 aromatic rings. The molecule has 0 spiro atoms. The minimum Gasteiger partial charge on any atom is -0.460 e. The Balaban J connectivity index is 1.28. The molecule has 4 nitrogen and oxygen atoms in total. The van der Waals surface area contributed by atoms with Crippen molar-refractivity contribution in [2.24, 2.45) is 0 Å². The van der Waals surface area contributed by atoms with Crippen molar-refractivity contribution in [3.63, 3.8) is 0 Å². The van der Waals surface area contributed by atoms with Gasteiger partial charge in [-0.1, -0.05) is 90.4 Å². The molecular formula is C27H46BrN3O. The molecule has 0 radical (unpaired) electrons. The number of halogens is 1. The van der Waals surface area contributed by atoms with E-state index >= 15 is 0 Å². The molecule has 0 atom stereocenters. The third-order valence-corrected chi connectivity index (χ3v) is 7.94. The monoisotopic (exact) mass is 507 g/mol. The highest BCUT2D eigenvalue weighted by atomic mass is 79.9. The van der Waals surface area contributed by atoms with Crippen LogP contribution in [0.2, 0.25) is 0 Å². The van der Waals surface area contributed by atoms with Crippen LogP contribution in [-0.2, 0) is 6.42 Å². The zero-order valence-corrected chi connectivity index (χ0v) is 22.1. The van der Waals surface area contributed by atoms with Crippen LogP contribution in [0, 0.1) is 0 Å². The summed E-state index contributed by atoms with van der Waals surface area (Å²) in [4.78, 5) is 11.9. The SMILES string of the molecule is CCCCCCCCCCCCCCCCc1nc(OC2CCC2)nc(N2CCC2)c1Br. The van der Waals surface area contributed by atoms with E-state index in [1.807, 2.05) is 0 Å². The first-order chi connectivity index (χ1) is 15.8. The van der Waals surface area contributed by atoms with Gasteiger partial charge in [0.05, 0.1) is 10.2 Å². The highest BCUT2D eigenvalue weighted by Gasteiger charge is 2.25. The molecule has 0 amide bonds. The number of hydrogen-bond acceptors (Lipinski definition) is 4. The summed E-state index contributed by atoms with van der Waals surface area (Å²) in [5.41, 5.74) is 1.13. The van der Waals surface area contributed by atoms with Crippen LogP contribution in [0.3, 0.4) is 0 Å². The van der Waals surface area contributed by atoms with Gasteiger partial charge < -0.3 is 9.64 Å². The molecule has 1 saturated carbocycles. The van der Waals surface area contributed by atoms with E-state index in [1.54, 1.807) is 0 Å². The molecule has 0 unspecified atom stereocenters. The van der Waals surface area contributed by atoms with Crippen molar-refractivity contribution in [3.05, 3.63) is 10.2 Å². The fourth-order valence-corrected chi connectivity index (χ4v) is 5.17. The third-order valence-electron chi connectivity index (χ3n) is 7.13. The first-order valence-electron chi connectivity index (χ1n) is 13.8. The maximum Gasteiger partial charge on any atom is 0.318 e. The minimum absolute atomic E-state index is 0.328. The maximum absolute atomic E-state index is 6.06. The van der Waals surface area contributed by atoms with Crippen molar-refractivity contribution >= 4 is 21.7 Å². The summed E-state index contributed by atoms with van der Waals surface area (Å²) in [5.74, 6) is 1.04. The number of unbranched alkanes of at least 4 members (excludes halogenated alkanes) is 13. The highest BCUT2D eigenvalue weighted by Crippen LogP contribution is 2.33. The first-order valence-corrected chi connectivity index (χ1v) is 14.5. The molecule has 1 saturated heterocycles. The smallest absolute Gasteiger partial charge is 0.318 e. The largest absolute Gasteiger partial charge is 0.460 e. The molecular weight excluding hydrogens is 462 g/mol. The Kier molecular flexibility index (Phi) is 12.2. The number of anilines is 1. The van der Waals surface area contributed by atoms with Crippen molar-refractivity contribution in [2.45, 2.75) is 135 Å². The van der Waals surface area contributed by atoms with E-state index in [0.29, 0.717) is 12.1 Å². The zero-order valence-electron chi connectivity index (χ0n) is 20.6. The van der Waals surface area contributed by atoms with Crippen molar-refractivity contribution in [2.75, 3.05) is 18.0 Å². The summed E-state index contributed by atoms with van der Waals surface area (Å²) in [6, 6.07) is 0.597. The molecule has 2 aliphatic rings. The molecule has 1 aliphatic heterocycles. The standard InChI is InChI=1S/C27H46BrN3O/c1-2-3-4-5-6-7-8-9-10-11-12-13-14-15-20-24-25(28)26(31-21-17-22-31)30-27(29-24)32-23-18-16-19-23/h23H,2-22H2,1H3. The van der Waals surface area contributed by atoms with Crippen molar-refractivity contribution < 1.29 is 4.74 Å². The van der Waals surface area contributed by atoms with Crippen molar-refractivity contribution in [3.8, 4) is 6.01 Å². The summed E-state index contributed by atoms with van der Waals surface area (Å²) in [5, 5.41) is 0. The Hall–Kier alpha value is -0.840. The van der Waals surface area contributed by atoms with E-state index in [0.717, 1.165) is 48.3 Å². The average molecular weight is 509 g/mol. The number of aromatic nitrogens is 2. The summed E-state index contributed by atoms with van der Waals surface area (Å²) in [6.07, 6.45) is 25.7. The average Bonchev–Trinajstić information content (AvgIpc) is 2.72. The van der Waals surface area contributed by atoms with Crippen LogP contribution in [0.1, 0.15) is 128 Å². The Labute approximate surface area is 205 Å². The molecule has 5 heteroatoms. The Morgan fingerprint density at radius 3 is 1.81 bits per heavy atom. The van der Waals surface area contributed by atoms with Crippen LogP contribution in [0.4, 0.5) is 5.82 Å². The summed E-state index contributed by atoms with van der Waals surface area (Å²) in [7, 11) is 0. The van der Waals surface area contributed by atoms with Gasteiger partial charge in [0.15, 0.2) is 5.82 Å². The number of ether oxygens (including phenoxy) is 1. The normalized spacial score (nSPS) is 16.1. The van der Waals surface area contributed by atoms with Gasteiger partial charge in [0.1, 0.15) is 6.10 Å². The van der Waals surface area contributed by atoms with Crippen LogP contribution in [0.15, 0.2) is 4.47 Å². The van der Waals surface area contributed by atoms with E-state index in [9.17, 15) is 0 Å². The quantitative estimate of drug-likeness (QED) is 0.187. The van der Waals surface area contributed by atoms with E-state index < -0.39 is 0 Å². The van der Waals surface area contributed by atoms with Crippen LogP contribution in [-0.4, -0.2) is 29.2 Å². The molecule has 1 aliphatic carbocycles. The third kappa shape index (κ3) is 8.83. The lowest BCUT2D eigenvalue weighted by molar-refractivity contribution is 0.108. The molecule has 32 heavy (non-hydrogen) atoms. The number of nitrogens with zero attached hydrogens (tertiary/aromatic N) is 3. The van der Waals surface area contributed by atoms with E-state index in [4.69, 9.17) is 14.7 Å². The first kappa shape index (κ1) is 25.8. The van der Waals surface area contributed by atoms with Gasteiger partial charge in [0.2, 0.25) is 0 Å². The zero-order chi connectivity index (χ0) is 22.4. The molecule has 2 fully saturated rings. The lowest BCUT2D eigenvalue weighted by Crippen LogP contribution is -2.38. The van der Waals surface area contributed by atoms with Gasteiger partial charge in [-0.25, -0.2) is 0 Å². The second-order valence-electron chi connectivity index (χ2n) is 9.95. The second kappa shape index (κ2) is 15.1.